The first-order chi connectivity index (χ1) is 13.1. The Morgan fingerprint density at radius 2 is 1.86 bits per heavy atom. The first kappa shape index (κ1) is 20.7. The van der Waals surface area contributed by atoms with Crippen molar-refractivity contribution in [3.05, 3.63) is 18.2 Å². The van der Waals surface area contributed by atoms with Crippen molar-refractivity contribution in [3.63, 3.8) is 0 Å². The van der Waals surface area contributed by atoms with Crippen molar-refractivity contribution in [1.29, 1.82) is 0 Å². The summed E-state index contributed by atoms with van der Waals surface area (Å²) in [6, 6.07) is 4.97. The lowest BCUT2D eigenvalue weighted by molar-refractivity contribution is 0.0260. The molecular weight excluding hydrogens is 382 g/mol. The fourth-order valence-electron chi connectivity index (χ4n) is 3.28. The molecule has 3 rings (SSSR count). The van der Waals surface area contributed by atoms with Gasteiger partial charge in [-0.2, -0.15) is 4.31 Å². The van der Waals surface area contributed by atoms with E-state index in [-0.39, 0.29) is 11.4 Å². The highest BCUT2D eigenvalue weighted by Crippen LogP contribution is 2.33. The zero-order valence-corrected chi connectivity index (χ0v) is 17.8. The van der Waals surface area contributed by atoms with Gasteiger partial charge in [-0.05, 0) is 45.4 Å². The number of fused-ring (bicyclic) bond motifs is 1. The second-order valence-electron chi connectivity index (χ2n) is 8.12. The predicted molar refractivity (Wildman–Crippen MR) is 106 cm³/mol. The molecule has 0 unspecified atom stereocenters. The number of rotatable bonds is 2. The topological polar surface area (TPSA) is 79.4 Å². The van der Waals surface area contributed by atoms with E-state index in [4.69, 9.17) is 9.47 Å². The molecule has 1 saturated heterocycles. The second kappa shape index (κ2) is 7.79. The van der Waals surface area contributed by atoms with Crippen LogP contribution < -0.4 is 9.64 Å². The van der Waals surface area contributed by atoms with Gasteiger partial charge in [0.15, 0.2) is 0 Å². The van der Waals surface area contributed by atoms with Crippen LogP contribution in [0, 0.1) is 0 Å². The Labute approximate surface area is 167 Å². The summed E-state index contributed by atoms with van der Waals surface area (Å²) in [5, 5.41) is 0. The van der Waals surface area contributed by atoms with Crippen LogP contribution in [0.15, 0.2) is 23.1 Å². The third-order valence-corrected chi connectivity index (χ3v) is 6.66. The summed E-state index contributed by atoms with van der Waals surface area (Å²) in [6.07, 6.45) is 0.159. The van der Waals surface area contributed by atoms with Crippen molar-refractivity contribution < 1.29 is 22.7 Å². The lowest BCUT2D eigenvalue weighted by Crippen LogP contribution is -2.40. The number of amides is 1. The standard InChI is InChI=1S/C19H29N3O5S/c1-19(2,3)27-18(23)21-8-5-9-22(11-10-21)28(24,25)15-6-7-17-16(14-15)20(4)12-13-26-17/h6-7,14H,5,8-13H2,1-4H3. The van der Waals surface area contributed by atoms with Crippen LogP contribution in [0.3, 0.4) is 0 Å². The Bertz CT molecular complexity index is 834. The summed E-state index contributed by atoms with van der Waals surface area (Å²) < 4.78 is 38.8. The molecule has 0 aromatic heterocycles. The molecule has 8 nitrogen and oxygen atoms in total. The smallest absolute Gasteiger partial charge is 0.410 e. The van der Waals surface area contributed by atoms with E-state index in [1.165, 1.54) is 4.31 Å². The number of nitrogens with zero attached hydrogens (tertiary/aromatic N) is 3. The zero-order chi connectivity index (χ0) is 20.5. The summed E-state index contributed by atoms with van der Waals surface area (Å²) in [7, 11) is -1.74. The average molecular weight is 412 g/mol. The molecule has 0 aliphatic carbocycles. The number of likely N-dealkylation sites (N-methyl/N-ethyl adjacent to an activating group) is 1. The molecule has 0 radical (unpaired) electrons. The number of carbonyl (C=O) groups is 1. The first-order valence-electron chi connectivity index (χ1n) is 9.54. The summed E-state index contributed by atoms with van der Waals surface area (Å²) >= 11 is 0. The number of benzene rings is 1. The highest BCUT2D eigenvalue weighted by molar-refractivity contribution is 7.89. The highest BCUT2D eigenvalue weighted by Gasteiger charge is 2.31. The molecule has 0 atom stereocenters. The number of hydrogen-bond acceptors (Lipinski definition) is 6. The molecule has 1 fully saturated rings. The summed E-state index contributed by atoms with van der Waals surface area (Å²) in [5.41, 5.74) is 0.198. The minimum Gasteiger partial charge on any atom is -0.490 e. The maximum atomic E-state index is 13.2. The van der Waals surface area contributed by atoms with E-state index >= 15 is 0 Å². The van der Waals surface area contributed by atoms with Gasteiger partial charge in [0.05, 0.1) is 17.1 Å². The van der Waals surface area contributed by atoms with Crippen LogP contribution in [-0.4, -0.2) is 75.7 Å². The molecule has 0 N–H and O–H groups in total. The van der Waals surface area contributed by atoms with E-state index in [0.717, 1.165) is 5.69 Å². The number of anilines is 1. The van der Waals surface area contributed by atoms with Crippen molar-refractivity contribution in [2.24, 2.45) is 0 Å². The SMILES string of the molecule is CN1CCOc2ccc(S(=O)(=O)N3CCCN(C(=O)OC(C)(C)C)CC3)cc21. The van der Waals surface area contributed by atoms with Gasteiger partial charge in [-0.15, -0.1) is 0 Å². The van der Waals surface area contributed by atoms with E-state index in [1.54, 1.807) is 23.1 Å². The van der Waals surface area contributed by atoms with Crippen LogP contribution in [0.5, 0.6) is 5.75 Å². The highest BCUT2D eigenvalue weighted by atomic mass is 32.2. The van der Waals surface area contributed by atoms with Crippen LogP contribution in [0.4, 0.5) is 10.5 Å². The van der Waals surface area contributed by atoms with E-state index < -0.39 is 21.7 Å². The largest absolute Gasteiger partial charge is 0.490 e. The second-order valence-corrected chi connectivity index (χ2v) is 10.1. The van der Waals surface area contributed by atoms with Gasteiger partial charge in [-0.1, -0.05) is 0 Å². The number of ether oxygens (including phenoxy) is 2. The predicted octanol–water partition coefficient (Wildman–Crippen LogP) is 2.15. The van der Waals surface area contributed by atoms with Gasteiger partial charge in [0.25, 0.3) is 0 Å². The maximum Gasteiger partial charge on any atom is 0.410 e. The minimum atomic E-state index is -3.65. The molecule has 1 amide bonds. The van der Waals surface area contributed by atoms with Crippen LogP contribution >= 0.6 is 0 Å². The van der Waals surface area contributed by atoms with Crippen LogP contribution in [-0.2, 0) is 14.8 Å². The minimum absolute atomic E-state index is 0.241. The number of hydrogen-bond donors (Lipinski definition) is 0. The van der Waals surface area contributed by atoms with Crippen molar-refractivity contribution >= 4 is 21.8 Å². The van der Waals surface area contributed by atoms with Gasteiger partial charge in [0.1, 0.15) is 18.0 Å². The molecule has 2 aliphatic heterocycles. The number of sulfonamides is 1. The van der Waals surface area contributed by atoms with Crippen molar-refractivity contribution in [2.45, 2.75) is 37.7 Å². The Balaban J connectivity index is 1.74. The van der Waals surface area contributed by atoms with Crippen LogP contribution in [0.2, 0.25) is 0 Å². The maximum absolute atomic E-state index is 13.2. The quantitative estimate of drug-likeness (QED) is 0.742. The zero-order valence-electron chi connectivity index (χ0n) is 17.0. The van der Waals surface area contributed by atoms with Gasteiger partial charge in [0.2, 0.25) is 10.0 Å². The molecular formula is C19H29N3O5S. The average Bonchev–Trinajstić information content (AvgIpc) is 2.87. The third-order valence-electron chi connectivity index (χ3n) is 4.77. The van der Waals surface area contributed by atoms with Gasteiger partial charge in [-0.25, -0.2) is 13.2 Å². The monoisotopic (exact) mass is 411 g/mol. The molecule has 156 valence electrons. The normalized spacial score (nSPS) is 18.9. The van der Waals surface area contributed by atoms with Gasteiger partial charge in [0, 0.05) is 33.2 Å². The fourth-order valence-corrected chi connectivity index (χ4v) is 4.77. The Morgan fingerprint density at radius 1 is 1.11 bits per heavy atom. The molecule has 0 bridgehead atoms. The Hall–Kier alpha value is -2.00. The molecule has 0 spiro atoms. The summed E-state index contributed by atoms with van der Waals surface area (Å²) in [6.45, 7) is 8.13. The van der Waals surface area contributed by atoms with Gasteiger partial charge >= 0.3 is 6.09 Å². The lowest BCUT2D eigenvalue weighted by Gasteiger charge is -2.29. The van der Waals surface area contributed by atoms with E-state index in [2.05, 4.69) is 0 Å². The molecule has 9 heteroatoms. The van der Waals surface area contributed by atoms with E-state index in [1.807, 2.05) is 32.7 Å². The molecule has 0 saturated carbocycles. The third kappa shape index (κ3) is 4.52. The van der Waals surface area contributed by atoms with E-state index in [9.17, 15) is 13.2 Å². The fraction of sp³-hybridized carbons (Fsp3) is 0.632. The van der Waals surface area contributed by atoms with Crippen LogP contribution in [0.25, 0.3) is 0 Å². The van der Waals surface area contributed by atoms with Gasteiger partial charge in [-0.3, -0.25) is 0 Å². The Morgan fingerprint density at radius 3 is 2.57 bits per heavy atom. The van der Waals surface area contributed by atoms with Crippen LogP contribution in [0.1, 0.15) is 27.2 Å². The van der Waals surface area contributed by atoms with Crippen molar-refractivity contribution in [3.8, 4) is 5.75 Å². The van der Waals surface area contributed by atoms with Crippen molar-refractivity contribution in [2.75, 3.05) is 51.3 Å². The Kier molecular flexibility index (Phi) is 5.77. The number of carbonyl (C=O) groups excluding carboxylic acids is 1. The first-order valence-corrected chi connectivity index (χ1v) is 11.0. The molecule has 1 aromatic rings. The summed E-state index contributed by atoms with van der Waals surface area (Å²) in [4.78, 5) is 16.1. The molecule has 2 heterocycles. The van der Waals surface area contributed by atoms with Gasteiger partial charge < -0.3 is 19.3 Å². The molecule has 2 aliphatic rings. The van der Waals surface area contributed by atoms with Crippen molar-refractivity contribution in [1.82, 2.24) is 9.21 Å². The lowest BCUT2D eigenvalue weighted by atomic mass is 10.2. The van der Waals surface area contributed by atoms with E-state index in [0.29, 0.717) is 45.0 Å². The summed E-state index contributed by atoms with van der Waals surface area (Å²) in [5.74, 6) is 0.694. The molecule has 1 aromatic carbocycles. The molecule has 28 heavy (non-hydrogen) atoms.